The lowest BCUT2D eigenvalue weighted by Gasteiger charge is -2.30. The van der Waals surface area contributed by atoms with Crippen LogP contribution in [-0.4, -0.2) is 77.2 Å². The maximum absolute atomic E-state index is 13.9. The van der Waals surface area contributed by atoms with Gasteiger partial charge >= 0.3 is 6.09 Å². The van der Waals surface area contributed by atoms with Gasteiger partial charge in [-0.05, 0) is 88.4 Å². The molecule has 0 fully saturated rings. The van der Waals surface area contributed by atoms with E-state index in [1.807, 2.05) is 13.8 Å². The van der Waals surface area contributed by atoms with E-state index >= 15 is 0 Å². The number of likely N-dealkylation sites (N-methyl/N-ethyl adjacent to an activating group) is 1. The Hall–Kier alpha value is -3.53. The summed E-state index contributed by atoms with van der Waals surface area (Å²) < 4.78 is 33.2. The number of rotatable bonds is 12. The van der Waals surface area contributed by atoms with E-state index < -0.39 is 41.4 Å². The molecule has 226 valence electrons. The van der Waals surface area contributed by atoms with Crippen LogP contribution in [0, 0.1) is 18.6 Å². The minimum atomic E-state index is -1.32. The maximum Gasteiger partial charge on any atom is 0.410 e. The van der Waals surface area contributed by atoms with Crippen molar-refractivity contribution in [1.29, 1.82) is 0 Å². The normalized spacial score (nSPS) is 12.8. The van der Waals surface area contributed by atoms with Crippen LogP contribution in [0.25, 0.3) is 0 Å². The maximum atomic E-state index is 13.9. The second kappa shape index (κ2) is 14.9. The molecule has 2 aromatic rings. The fourth-order valence-corrected chi connectivity index (χ4v) is 4.41. The van der Waals surface area contributed by atoms with E-state index in [2.05, 4.69) is 5.32 Å². The smallest absolute Gasteiger partial charge is 0.410 e. The fourth-order valence-electron chi connectivity index (χ4n) is 4.41. The number of carbonyl (C=O) groups excluding carboxylic acids is 3. The number of carbonyl (C=O) groups is 3. The lowest BCUT2D eigenvalue weighted by molar-refractivity contribution is 0.0167. The molecule has 2 rings (SSSR count). The number of nitrogens with one attached hydrogen (secondary N) is 1. The van der Waals surface area contributed by atoms with Crippen molar-refractivity contribution in [1.82, 2.24) is 15.1 Å². The zero-order valence-corrected chi connectivity index (χ0v) is 25.1. The summed E-state index contributed by atoms with van der Waals surface area (Å²) in [5.74, 6) is -2.36. The zero-order chi connectivity index (χ0) is 30.9. The molecular weight excluding hydrogens is 532 g/mol. The zero-order valence-electron chi connectivity index (χ0n) is 25.1. The highest BCUT2D eigenvalue weighted by molar-refractivity contribution is 6.00. The van der Waals surface area contributed by atoms with Gasteiger partial charge in [-0.2, -0.15) is 0 Å². The Kier molecular flexibility index (Phi) is 12.2. The Labute approximate surface area is 241 Å². The van der Waals surface area contributed by atoms with E-state index in [0.717, 1.165) is 31.0 Å². The minimum Gasteiger partial charge on any atom is -0.444 e. The first-order chi connectivity index (χ1) is 19.1. The van der Waals surface area contributed by atoms with Crippen LogP contribution in [0.1, 0.15) is 79.3 Å². The predicted molar refractivity (Wildman–Crippen MR) is 154 cm³/mol. The topological polar surface area (TPSA) is 99.2 Å². The fraction of sp³-hybridized carbons (Fsp3) is 0.516. The number of hydrogen-bond donors (Lipinski definition) is 2. The molecule has 0 spiro atoms. The van der Waals surface area contributed by atoms with Crippen molar-refractivity contribution in [3.05, 3.63) is 70.3 Å². The first-order valence-corrected chi connectivity index (χ1v) is 13.9. The van der Waals surface area contributed by atoms with Crippen molar-refractivity contribution in [3.8, 4) is 0 Å². The average Bonchev–Trinajstić information content (AvgIpc) is 2.85. The average molecular weight is 576 g/mol. The first-order valence-electron chi connectivity index (χ1n) is 13.9. The second-order valence-electron chi connectivity index (χ2n) is 11.4. The largest absolute Gasteiger partial charge is 0.444 e. The molecule has 0 radical (unpaired) electrons. The number of aryl methyl sites for hydroxylation is 1. The molecule has 41 heavy (non-hydrogen) atoms. The number of amides is 3. The van der Waals surface area contributed by atoms with Crippen LogP contribution in [-0.2, 0) is 11.2 Å². The van der Waals surface area contributed by atoms with E-state index in [1.54, 1.807) is 44.7 Å². The van der Waals surface area contributed by atoms with Gasteiger partial charge in [0, 0.05) is 37.3 Å². The molecule has 2 aromatic carbocycles. The molecule has 8 nitrogen and oxygen atoms in total. The highest BCUT2D eigenvalue weighted by Gasteiger charge is 2.28. The molecular formula is C31H43F2N3O5. The van der Waals surface area contributed by atoms with E-state index in [9.17, 15) is 28.3 Å². The van der Waals surface area contributed by atoms with Crippen LogP contribution >= 0.6 is 0 Å². The molecule has 0 unspecified atom stereocenters. The number of ether oxygens (including phenoxy) is 1. The van der Waals surface area contributed by atoms with Crippen LogP contribution < -0.4 is 5.32 Å². The van der Waals surface area contributed by atoms with Crippen LogP contribution in [0.3, 0.4) is 0 Å². The standard InChI is InChI=1S/C31H43F2N3O5/c1-8-10-36(11-9-2)29(39)23-13-20(3)12-22(17-23)28(38)34-26(16-21-14-24(32)18-25(33)15-21)27(37)19-35(7)30(40)41-31(4,5)6/h12-15,17-18,26-27,37H,8-11,16,19H2,1-7H3,(H,34,38)/t26-,27+/m0/s1. The van der Waals surface area contributed by atoms with E-state index in [4.69, 9.17) is 4.74 Å². The lowest BCUT2D eigenvalue weighted by Crippen LogP contribution is -2.50. The summed E-state index contributed by atoms with van der Waals surface area (Å²) >= 11 is 0. The molecule has 0 aliphatic rings. The molecule has 2 atom stereocenters. The van der Waals surface area contributed by atoms with Gasteiger partial charge in [0.05, 0.1) is 18.7 Å². The molecule has 10 heteroatoms. The third-order valence-electron chi connectivity index (χ3n) is 6.19. The van der Waals surface area contributed by atoms with Crippen molar-refractivity contribution in [3.63, 3.8) is 0 Å². The first kappa shape index (κ1) is 33.7. The third-order valence-corrected chi connectivity index (χ3v) is 6.19. The monoisotopic (exact) mass is 575 g/mol. The highest BCUT2D eigenvalue weighted by atomic mass is 19.1. The van der Waals surface area contributed by atoms with Gasteiger partial charge in [-0.15, -0.1) is 0 Å². The molecule has 0 aromatic heterocycles. The second-order valence-corrected chi connectivity index (χ2v) is 11.4. The van der Waals surface area contributed by atoms with Gasteiger partial charge in [-0.1, -0.05) is 13.8 Å². The van der Waals surface area contributed by atoms with Gasteiger partial charge < -0.3 is 25.0 Å². The lowest BCUT2D eigenvalue weighted by atomic mass is 9.99. The van der Waals surface area contributed by atoms with Crippen molar-refractivity contribution >= 4 is 17.9 Å². The summed E-state index contributed by atoms with van der Waals surface area (Å²) in [5.41, 5.74) is 0.715. The number of halogens is 2. The van der Waals surface area contributed by atoms with Crippen LogP contribution in [0.4, 0.5) is 13.6 Å². The van der Waals surface area contributed by atoms with Crippen LogP contribution in [0.2, 0.25) is 0 Å². The Morgan fingerprint density at radius 2 is 1.51 bits per heavy atom. The molecule has 0 bridgehead atoms. The molecule has 0 heterocycles. The molecule has 2 N–H and O–H groups in total. The number of nitrogens with zero attached hydrogens (tertiary/aromatic N) is 2. The molecule has 0 aliphatic heterocycles. The molecule has 3 amide bonds. The Bertz CT molecular complexity index is 1190. The molecule has 0 saturated carbocycles. The van der Waals surface area contributed by atoms with Gasteiger partial charge in [0.15, 0.2) is 0 Å². The Morgan fingerprint density at radius 1 is 0.951 bits per heavy atom. The minimum absolute atomic E-state index is 0.123. The molecule has 0 saturated heterocycles. The summed E-state index contributed by atoms with van der Waals surface area (Å²) in [6.07, 6.45) is -0.532. The van der Waals surface area contributed by atoms with Gasteiger partial charge in [0.1, 0.15) is 17.2 Å². The number of hydrogen-bond acceptors (Lipinski definition) is 5. The van der Waals surface area contributed by atoms with Crippen molar-refractivity contribution < 1.29 is 33.0 Å². The quantitative estimate of drug-likeness (QED) is 0.367. The predicted octanol–water partition coefficient (Wildman–Crippen LogP) is 5.10. The van der Waals surface area contributed by atoms with Gasteiger partial charge in [-0.25, -0.2) is 13.6 Å². The van der Waals surface area contributed by atoms with E-state index in [1.165, 1.54) is 18.0 Å². The van der Waals surface area contributed by atoms with Crippen LogP contribution in [0.15, 0.2) is 36.4 Å². The third kappa shape index (κ3) is 10.8. The van der Waals surface area contributed by atoms with Gasteiger partial charge in [0.2, 0.25) is 0 Å². The van der Waals surface area contributed by atoms with Crippen molar-refractivity contribution in [2.45, 2.75) is 78.6 Å². The van der Waals surface area contributed by atoms with Gasteiger partial charge in [0.25, 0.3) is 11.8 Å². The van der Waals surface area contributed by atoms with E-state index in [0.29, 0.717) is 24.2 Å². The van der Waals surface area contributed by atoms with E-state index in [-0.39, 0.29) is 30.0 Å². The summed E-state index contributed by atoms with van der Waals surface area (Å²) in [6, 6.07) is 6.77. The SMILES string of the molecule is CCCN(CCC)C(=O)c1cc(C)cc(C(=O)N[C@@H](Cc2cc(F)cc(F)c2)[C@H](O)CN(C)C(=O)OC(C)(C)C)c1. The summed E-state index contributed by atoms with van der Waals surface area (Å²) in [6.45, 7) is 11.8. The van der Waals surface area contributed by atoms with Crippen molar-refractivity contribution in [2.24, 2.45) is 0 Å². The number of aliphatic hydroxyl groups is 1. The summed E-state index contributed by atoms with van der Waals surface area (Å²) in [7, 11) is 1.44. The Balaban J connectivity index is 2.35. The van der Waals surface area contributed by atoms with Gasteiger partial charge in [-0.3, -0.25) is 9.59 Å². The van der Waals surface area contributed by atoms with Crippen molar-refractivity contribution in [2.75, 3.05) is 26.7 Å². The Morgan fingerprint density at radius 3 is 2.05 bits per heavy atom. The molecule has 0 aliphatic carbocycles. The summed E-state index contributed by atoms with van der Waals surface area (Å²) in [5, 5.41) is 13.8. The van der Waals surface area contributed by atoms with Crippen LogP contribution in [0.5, 0.6) is 0 Å². The number of benzene rings is 2. The summed E-state index contributed by atoms with van der Waals surface area (Å²) in [4.78, 5) is 42.0. The number of aliphatic hydroxyl groups excluding tert-OH is 1. The highest BCUT2D eigenvalue weighted by Crippen LogP contribution is 2.17.